The van der Waals surface area contributed by atoms with Gasteiger partial charge in [-0.3, -0.25) is 9.69 Å². The Morgan fingerprint density at radius 2 is 1.63 bits per heavy atom. The van der Waals surface area contributed by atoms with E-state index < -0.39 is 10.0 Å². The maximum absolute atomic E-state index is 12.9. The summed E-state index contributed by atoms with van der Waals surface area (Å²) >= 11 is 0. The zero-order valence-corrected chi connectivity index (χ0v) is 17.9. The average molecular weight is 429 g/mol. The predicted octanol–water partition coefficient (Wildman–Crippen LogP) is 2.80. The number of hydrogen-bond donors (Lipinski definition) is 0. The van der Waals surface area contributed by atoms with Crippen molar-refractivity contribution < 1.29 is 17.9 Å². The minimum absolute atomic E-state index is 0.0664. The van der Waals surface area contributed by atoms with Crippen LogP contribution in [0.25, 0.3) is 0 Å². The molecular weight excluding hydrogens is 400 g/mol. The zero-order chi connectivity index (χ0) is 21.0. The molecule has 30 heavy (non-hydrogen) atoms. The maximum atomic E-state index is 12.9. The number of ether oxygens (including phenoxy) is 1. The van der Waals surface area contributed by atoms with E-state index >= 15 is 0 Å². The predicted molar refractivity (Wildman–Crippen MR) is 115 cm³/mol. The van der Waals surface area contributed by atoms with E-state index in [9.17, 15) is 13.2 Å². The van der Waals surface area contributed by atoms with Crippen LogP contribution in [-0.4, -0.2) is 62.8 Å². The van der Waals surface area contributed by atoms with Gasteiger partial charge in [-0.25, -0.2) is 8.42 Å². The minimum atomic E-state index is -3.49. The van der Waals surface area contributed by atoms with Crippen LogP contribution in [0.5, 0.6) is 0 Å². The fourth-order valence-electron chi connectivity index (χ4n) is 4.19. The van der Waals surface area contributed by atoms with Gasteiger partial charge in [0.05, 0.1) is 18.1 Å². The van der Waals surface area contributed by atoms with E-state index in [1.165, 1.54) is 4.31 Å². The van der Waals surface area contributed by atoms with Crippen LogP contribution in [0, 0.1) is 5.92 Å². The van der Waals surface area contributed by atoms with Gasteiger partial charge in [-0.2, -0.15) is 4.31 Å². The number of carbonyl (C=O) groups is 1. The number of hydrogen-bond acceptors (Lipinski definition) is 5. The quantitative estimate of drug-likeness (QED) is 0.662. The zero-order valence-electron chi connectivity index (χ0n) is 17.1. The van der Waals surface area contributed by atoms with Gasteiger partial charge in [0.25, 0.3) is 0 Å². The number of rotatable bonds is 6. The SMILES string of the molecule is O=C(c1ccccc1)C1CCN(Cc2cccc(S(=O)(=O)N3CCOCC3)c2)CC1. The van der Waals surface area contributed by atoms with Crippen molar-refractivity contribution >= 4 is 15.8 Å². The van der Waals surface area contributed by atoms with E-state index in [2.05, 4.69) is 4.90 Å². The molecule has 0 bridgehead atoms. The van der Waals surface area contributed by atoms with Gasteiger partial charge in [0, 0.05) is 31.1 Å². The van der Waals surface area contributed by atoms with Crippen LogP contribution < -0.4 is 0 Å². The van der Waals surface area contributed by atoms with Crippen LogP contribution in [-0.2, 0) is 21.3 Å². The molecule has 4 rings (SSSR count). The van der Waals surface area contributed by atoms with Crippen molar-refractivity contribution in [2.75, 3.05) is 39.4 Å². The topological polar surface area (TPSA) is 66.9 Å². The molecule has 0 radical (unpaired) electrons. The summed E-state index contributed by atoms with van der Waals surface area (Å²) in [4.78, 5) is 15.3. The van der Waals surface area contributed by atoms with Crippen LogP contribution in [0.1, 0.15) is 28.8 Å². The lowest BCUT2D eigenvalue weighted by molar-refractivity contribution is 0.0730. The molecule has 7 heteroatoms. The normalized spacial score (nSPS) is 19.6. The standard InChI is InChI=1S/C23H28N2O4S/c26-23(20-6-2-1-3-7-20)21-9-11-24(12-10-21)18-19-5-4-8-22(17-19)30(27,28)25-13-15-29-16-14-25/h1-8,17,21H,9-16,18H2. The lowest BCUT2D eigenvalue weighted by atomic mass is 9.89. The van der Waals surface area contributed by atoms with Crippen molar-refractivity contribution in [3.8, 4) is 0 Å². The number of carbonyl (C=O) groups excluding carboxylic acids is 1. The highest BCUT2D eigenvalue weighted by Gasteiger charge is 2.28. The number of nitrogens with zero attached hydrogens (tertiary/aromatic N) is 2. The molecule has 0 spiro atoms. The van der Waals surface area contributed by atoms with Crippen molar-refractivity contribution in [1.82, 2.24) is 9.21 Å². The Hall–Kier alpha value is -2.06. The molecule has 160 valence electrons. The molecule has 0 aromatic heterocycles. The number of morpholine rings is 1. The van der Waals surface area contributed by atoms with E-state index in [0.29, 0.717) is 37.7 Å². The Bertz CT molecular complexity index is 964. The van der Waals surface area contributed by atoms with Crippen LogP contribution in [0.15, 0.2) is 59.5 Å². The summed E-state index contributed by atoms with van der Waals surface area (Å²) in [5, 5.41) is 0. The molecular formula is C23H28N2O4S. The van der Waals surface area contributed by atoms with E-state index in [1.807, 2.05) is 42.5 Å². The molecule has 2 aromatic carbocycles. The average Bonchev–Trinajstić information content (AvgIpc) is 2.80. The molecule has 0 saturated carbocycles. The first-order valence-corrected chi connectivity index (χ1v) is 12.0. The molecule has 2 aliphatic heterocycles. The summed E-state index contributed by atoms with van der Waals surface area (Å²) in [6, 6.07) is 16.7. The minimum Gasteiger partial charge on any atom is -0.379 e. The van der Waals surface area contributed by atoms with Crippen molar-refractivity contribution in [3.63, 3.8) is 0 Å². The molecule has 2 aromatic rings. The fourth-order valence-corrected chi connectivity index (χ4v) is 5.67. The van der Waals surface area contributed by atoms with Gasteiger partial charge in [0.1, 0.15) is 0 Å². The monoisotopic (exact) mass is 428 g/mol. The maximum Gasteiger partial charge on any atom is 0.243 e. The van der Waals surface area contributed by atoms with Gasteiger partial charge in [0.15, 0.2) is 5.78 Å². The van der Waals surface area contributed by atoms with E-state index in [1.54, 1.807) is 12.1 Å². The van der Waals surface area contributed by atoms with Gasteiger partial charge < -0.3 is 4.74 Å². The van der Waals surface area contributed by atoms with Crippen LogP contribution in [0.3, 0.4) is 0 Å². The van der Waals surface area contributed by atoms with E-state index in [-0.39, 0.29) is 11.7 Å². The first kappa shape index (κ1) is 21.2. The number of Topliss-reactive ketones (excluding diaryl/α,β-unsaturated/α-hetero) is 1. The summed E-state index contributed by atoms with van der Waals surface area (Å²) in [7, 11) is -3.49. The molecule has 2 heterocycles. The number of ketones is 1. The van der Waals surface area contributed by atoms with Crippen molar-refractivity contribution in [3.05, 3.63) is 65.7 Å². The summed E-state index contributed by atoms with van der Waals surface area (Å²) in [6.07, 6.45) is 1.67. The van der Waals surface area contributed by atoms with Crippen molar-refractivity contribution in [1.29, 1.82) is 0 Å². The van der Waals surface area contributed by atoms with Crippen LogP contribution in [0.4, 0.5) is 0 Å². The molecule has 2 fully saturated rings. The number of benzene rings is 2. The van der Waals surface area contributed by atoms with Crippen LogP contribution in [0.2, 0.25) is 0 Å². The highest BCUT2D eigenvalue weighted by Crippen LogP contribution is 2.24. The molecule has 6 nitrogen and oxygen atoms in total. The van der Waals surface area contributed by atoms with Gasteiger partial charge in [-0.1, -0.05) is 42.5 Å². The summed E-state index contributed by atoms with van der Waals surface area (Å²) in [5.41, 5.74) is 1.77. The number of piperidine rings is 1. The third-order valence-electron chi connectivity index (χ3n) is 5.93. The largest absolute Gasteiger partial charge is 0.379 e. The Morgan fingerprint density at radius 1 is 0.933 bits per heavy atom. The molecule has 0 aliphatic carbocycles. The third kappa shape index (κ3) is 4.81. The highest BCUT2D eigenvalue weighted by atomic mass is 32.2. The summed E-state index contributed by atoms with van der Waals surface area (Å²) in [5.74, 6) is 0.297. The molecule has 0 atom stereocenters. The lowest BCUT2D eigenvalue weighted by Gasteiger charge is -2.31. The Labute approximate surface area is 178 Å². The van der Waals surface area contributed by atoms with Gasteiger partial charge >= 0.3 is 0 Å². The second-order valence-corrected chi connectivity index (χ2v) is 9.88. The van der Waals surface area contributed by atoms with Crippen molar-refractivity contribution in [2.45, 2.75) is 24.3 Å². The molecule has 0 unspecified atom stereocenters. The van der Waals surface area contributed by atoms with Crippen molar-refractivity contribution in [2.24, 2.45) is 5.92 Å². The van der Waals surface area contributed by atoms with Crippen LogP contribution >= 0.6 is 0 Å². The fraction of sp³-hybridized carbons (Fsp3) is 0.435. The number of likely N-dealkylation sites (tertiary alicyclic amines) is 1. The Balaban J connectivity index is 1.37. The molecule has 0 N–H and O–H groups in total. The highest BCUT2D eigenvalue weighted by molar-refractivity contribution is 7.89. The summed E-state index contributed by atoms with van der Waals surface area (Å²) < 4.78 is 32.6. The van der Waals surface area contributed by atoms with Gasteiger partial charge in [0.2, 0.25) is 10.0 Å². The van der Waals surface area contributed by atoms with Gasteiger partial charge in [-0.05, 0) is 43.6 Å². The third-order valence-corrected chi connectivity index (χ3v) is 7.82. The summed E-state index contributed by atoms with van der Waals surface area (Å²) in [6.45, 7) is 4.04. The van der Waals surface area contributed by atoms with E-state index in [4.69, 9.17) is 4.74 Å². The Kier molecular flexibility index (Phi) is 6.63. The first-order chi connectivity index (χ1) is 14.5. The van der Waals surface area contributed by atoms with Gasteiger partial charge in [-0.15, -0.1) is 0 Å². The molecule has 2 saturated heterocycles. The van der Waals surface area contributed by atoms with E-state index in [0.717, 1.165) is 37.1 Å². The number of sulfonamides is 1. The first-order valence-electron chi connectivity index (χ1n) is 10.5. The second kappa shape index (κ2) is 9.39. The Morgan fingerprint density at radius 3 is 2.33 bits per heavy atom. The molecule has 0 amide bonds. The smallest absolute Gasteiger partial charge is 0.243 e. The lowest BCUT2D eigenvalue weighted by Crippen LogP contribution is -2.40. The second-order valence-electron chi connectivity index (χ2n) is 7.94. The molecule has 2 aliphatic rings.